The smallest absolute Gasteiger partial charge is 0.223 e. The average Bonchev–Trinajstić information content (AvgIpc) is 3.12. The lowest BCUT2D eigenvalue weighted by molar-refractivity contribution is -0.135. The van der Waals surface area contributed by atoms with Gasteiger partial charge in [-0.2, -0.15) is 0 Å². The molecule has 2 unspecified atom stereocenters. The summed E-state index contributed by atoms with van der Waals surface area (Å²) in [5.74, 6) is 0.118. The Morgan fingerprint density at radius 2 is 1.62 bits per heavy atom. The first-order valence-corrected chi connectivity index (χ1v) is 13.8. The van der Waals surface area contributed by atoms with Gasteiger partial charge in [-0.1, -0.05) is 36.8 Å². The molecule has 3 fully saturated rings. The summed E-state index contributed by atoms with van der Waals surface area (Å²) in [6.07, 6.45) is 5.86. The highest BCUT2D eigenvalue weighted by molar-refractivity contribution is 7.91. The summed E-state index contributed by atoms with van der Waals surface area (Å²) in [6.45, 7) is 3.00. The summed E-state index contributed by atoms with van der Waals surface area (Å²) in [4.78, 5) is 29.6. The molecule has 0 bridgehead atoms. The maximum atomic E-state index is 13.0. The van der Waals surface area contributed by atoms with Crippen LogP contribution in [0, 0.1) is 5.92 Å². The summed E-state index contributed by atoms with van der Waals surface area (Å²) < 4.78 is 24.6. The van der Waals surface area contributed by atoms with E-state index in [0.29, 0.717) is 32.4 Å². The van der Waals surface area contributed by atoms with Gasteiger partial charge in [-0.3, -0.25) is 14.5 Å². The van der Waals surface area contributed by atoms with Gasteiger partial charge >= 0.3 is 0 Å². The number of hydrogen-bond donors (Lipinski definition) is 1. The molecule has 0 aromatic heterocycles. The molecule has 1 aromatic carbocycles. The van der Waals surface area contributed by atoms with E-state index >= 15 is 0 Å². The number of likely N-dealkylation sites (tertiary alicyclic amines) is 2. The van der Waals surface area contributed by atoms with Gasteiger partial charge in [0.05, 0.1) is 17.5 Å². The van der Waals surface area contributed by atoms with Gasteiger partial charge in [-0.15, -0.1) is 0 Å². The first kappa shape index (κ1) is 23.2. The molecule has 32 heavy (non-hydrogen) atoms. The van der Waals surface area contributed by atoms with Gasteiger partial charge in [0.15, 0.2) is 9.84 Å². The third-order valence-corrected chi connectivity index (χ3v) is 8.92. The van der Waals surface area contributed by atoms with Crippen molar-refractivity contribution < 1.29 is 18.0 Å². The number of amides is 2. The highest BCUT2D eigenvalue weighted by atomic mass is 32.2. The molecule has 0 saturated carbocycles. The van der Waals surface area contributed by atoms with Gasteiger partial charge in [0.2, 0.25) is 11.8 Å². The molecule has 7 nitrogen and oxygen atoms in total. The van der Waals surface area contributed by atoms with E-state index in [1.165, 1.54) is 6.42 Å². The van der Waals surface area contributed by atoms with Crippen LogP contribution >= 0.6 is 0 Å². The molecule has 3 aliphatic heterocycles. The molecule has 1 N–H and O–H groups in total. The van der Waals surface area contributed by atoms with Crippen LogP contribution in [0.2, 0.25) is 0 Å². The first-order valence-electron chi connectivity index (χ1n) is 12.0. The standard InChI is InChI=1S/C24H35N3O4S/c28-23(10-9-19-7-3-1-4-8-19)27-15-11-20(12-16-27)24(29)25-21-17-32(30,31)18-22(21)26-13-5-2-6-14-26/h1,3-4,7-8,20-22H,2,5-6,9-18H2,(H,25,29). The molecule has 8 heteroatoms. The largest absolute Gasteiger partial charge is 0.350 e. The Morgan fingerprint density at radius 3 is 2.31 bits per heavy atom. The molecule has 4 rings (SSSR count). The van der Waals surface area contributed by atoms with Crippen LogP contribution in [-0.4, -0.2) is 79.8 Å². The Morgan fingerprint density at radius 1 is 0.938 bits per heavy atom. The van der Waals surface area contributed by atoms with Crippen molar-refractivity contribution in [2.45, 2.75) is 57.0 Å². The van der Waals surface area contributed by atoms with Crippen molar-refractivity contribution >= 4 is 21.7 Å². The van der Waals surface area contributed by atoms with Crippen LogP contribution in [0.15, 0.2) is 30.3 Å². The summed E-state index contributed by atoms with van der Waals surface area (Å²) in [5, 5.41) is 3.08. The number of carbonyl (C=O) groups excluding carboxylic acids is 2. The number of nitrogens with zero attached hydrogens (tertiary/aromatic N) is 2. The van der Waals surface area contributed by atoms with Crippen molar-refractivity contribution in [1.82, 2.24) is 15.1 Å². The van der Waals surface area contributed by atoms with Crippen LogP contribution in [0.3, 0.4) is 0 Å². The van der Waals surface area contributed by atoms with Crippen LogP contribution in [0.25, 0.3) is 0 Å². The fourth-order valence-electron chi connectivity index (χ4n) is 5.32. The van der Waals surface area contributed by atoms with E-state index in [-0.39, 0.29) is 41.3 Å². The summed E-state index contributed by atoms with van der Waals surface area (Å²) in [7, 11) is -3.13. The van der Waals surface area contributed by atoms with Crippen molar-refractivity contribution in [2.24, 2.45) is 5.92 Å². The normalized spacial score (nSPS) is 26.7. The van der Waals surface area contributed by atoms with Crippen molar-refractivity contribution in [1.29, 1.82) is 0 Å². The molecule has 0 spiro atoms. The van der Waals surface area contributed by atoms with Gasteiger partial charge in [0.1, 0.15) is 0 Å². The van der Waals surface area contributed by atoms with Gasteiger partial charge in [0, 0.05) is 31.5 Å². The minimum absolute atomic E-state index is 0.0384. The van der Waals surface area contributed by atoms with E-state index in [2.05, 4.69) is 10.2 Å². The van der Waals surface area contributed by atoms with Crippen LogP contribution in [-0.2, 0) is 25.8 Å². The number of piperidine rings is 2. The molecular formula is C24H35N3O4S. The molecule has 3 heterocycles. The molecule has 3 saturated heterocycles. The lowest BCUT2D eigenvalue weighted by Gasteiger charge is -2.36. The van der Waals surface area contributed by atoms with Gasteiger partial charge in [-0.25, -0.2) is 8.42 Å². The van der Waals surface area contributed by atoms with Crippen LogP contribution in [0.4, 0.5) is 0 Å². The maximum absolute atomic E-state index is 13.0. The van der Waals surface area contributed by atoms with E-state index in [1.807, 2.05) is 35.2 Å². The predicted octanol–water partition coefficient (Wildman–Crippen LogP) is 1.63. The quantitative estimate of drug-likeness (QED) is 0.696. The number of aryl methyl sites for hydroxylation is 1. The minimum atomic E-state index is -3.13. The second-order valence-electron chi connectivity index (χ2n) is 9.50. The topological polar surface area (TPSA) is 86.8 Å². The van der Waals surface area contributed by atoms with Crippen molar-refractivity contribution in [3.05, 3.63) is 35.9 Å². The van der Waals surface area contributed by atoms with Crippen molar-refractivity contribution in [3.8, 4) is 0 Å². The zero-order valence-corrected chi connectivity index (χ0v) is 19.6. The molecular weight excluding hydrogens is 426 g/mol. The van der Waals surface area contributed by atoms with Gasteiger partial charge in [0.25, 0.3) is 0 Å². The van der Waals surface area contributed by atoms with E-state index in [4.69, 9.17) is 0 Å². The number of rotatable bonds is 6. The first-order chi connectivity index (χ1) is 15.4. The van der Waals surface area contributed by atoms with E-state index in [1.54, 1.807) is 0 Å². The third kappa shape index (κ3) is 5.90. The number of carbonyl (C=O) groups is 2. The van der Waals surface area contributed by atoms with Crippen LogP contribution in [0.5, 0.6) is 0 Å². The zero-order chi connectivity index (χ0) is 22.6. The minimum Gasteiger partial charge on any atom is -0.350 e. The predicted molar refractivity (Wildman–Crippen MR) is 124 cm³/mol. The van der Waals surface area contributed by atoms with Gasteiger partial charge in [-0.05, 0) is 50.8 Å². The van der Waals surface area contributed by atoms with E-state index in [9.17, 15) is 18.0 Å². The lowest BCUT2D eigenvalue weighted by atomic mass is 9.94. The molecule has 2 atom stereocenters. The average molecular weight is 462 g/mol. The Bertz CT molecular complexity index is 891. The highest BCUT2D eigenvalue weighted by Crippen LogP contribution is 2.24. The van der Waals surface area contributed by atoms with E-state index in [0.717, 1.165) is 37.9 Å². The fourth-order valence-corrected chi connectivity index (χ4v) is 7.27. The molecule has 0 radical (unpaired) electrons. The van der Waals surface area contributed by atoms with Crippen molar-refractivity contribution in [2.75, 3.05) is 37.7 Å². The van der Waals surface area contributed by atoms with Crippen LogP contribution in [0.1, 0.15) is 44.1 Å². The molecule has 0 aliphatic carbocycles. The Hall–Kier alpha value is -1.93. The van der Waals surface area contributed by atoms with Crippen LogP contribution < -0.4 is 5.32 Å². The number of nitrogens with one attached hydrogen (secondary N) is 1. The highest BCUT2D eigenvalue weighted by Gasteiger charge is 2.42. The molecule has 3 aliphatic rings. The molecule has 176 valence electrons. The lowest BCUT2D eigenvalue weighted by Crippen LogP contribution is -2.54. The Balaban J connectivity index is 1.26. The summed E-state index contributed by atoms with van der Waals surface area (Å²) >= 11 is 0. The summed E-state index contributed by atoms with van der Waals surface area (Å²) in [5.41, 5.74) is 1.16. The SMILES string of the molecule is O=C(NC1CS(=O)(=O)CC1N1CCCCC1)C1CCN(C(=O)CCc2ccccc2)CC1. The fraction of sp³-hybridized carbons (Fsp3) is 0.667. The third-order valence-electron chi connectivity index (χ3n) is 7.20. The van der Waals surface area contributed by atoms with Gasteiger partial charge < -0.3 is 10.2 Å². The Labute approximate surface area is 191 Å². The number of sulfone groups is 1. The Kier molecular flexibility index (Phi) is 7.51. The zero-order valence-electron chi connectivity index (χ0n) is 18.7. The number of hydrogen-bond acceptors (Lipinski definition) is 5. The second-order valence-corrected chi connectivity index (χ2v) is 11.7. The summed E-state index contributed by atoms with van der Waals surface area (Å²) in [6, 6.07) is 9.57. The van der Waals surface area contributed by atoms with Crippen molar-refractivity contribution in [3.63, 3.8) is 0 Å². The number of benzene rings is 1. The molecule has 1 aromatic rings. The molecule has 2 amide bonds. The monoisotopic (exact) mass is 461 g/mol. The van der Waals surface area contributed by atoms with E-state index < -0.39 is 9.84 Å². The maximum Gasteiger partial charge on any atom is 0.223 e. The second kappa shape index (κ2) is 10.3.